The fourth-order valence-electron chi connectivity index (χ4n) is 2.07. The lowest BCUT2D eigenvalue weighted by Gasteiger charge is -2.27. The third-order valence-electron chi connectivity index (χ3n) is 3.35. The summed E-state index contributed by atoms with van der Waals surface area (Å²) in [6, 6.07) is 5.53. The molecular weight excluding hydrogens is 272 g/mol. The second-order valence-electron chi connectivity index (χ2n) is 5.35. The Morgan fingerprint density at radius 1 is 1.33 bits per heavy atom. The molecule has 1 rings (SSSR count). The summed E-state index contributed by atoms with van der Waals surface area (Å²) < 4.78 is 0. The molecule has 0 radical (unpaired) electrons. The first-order valence-corrected chi connectivity index (χ1v) is 6.87. The van der Waals surface area contributed by atoms with Gasteiger partial charge in [0.1, 0.15) is 11.3 Å². The van der Waals surface area contributed by atoms with E-state index < -0.39 is 23.5 Å². The minimum atomic E-state index is -1.31. The number of benzene rings is 1. The number of carbonyl (C=O) groups is 2. The highest BCUT2D eigenvalue weighted by molar-refractivity contribution is 5.89. The molecule has 0 aromatic heterocycles. The van der Waals surface area contributed by atoms with Crippen LogP contribution in [-0.2, 0) is 16.0 Å². The van der Waals surface area contributed by atoms with Gasteiger partial charge in [-0.2, -0.15) is 0 Å². The Balaban J connectivity index is 2.69. The molecule has 21 heavy (non-hydrogen) atoms. The number of hydrogen-bond acceptors (Lipinski definition) is 4. The van der Waals surface area contributed by atoms with E-state index in [2.05, 4.69) is 5.32 Å². The molecule has 116 valence electrons. The molecule has 2 unspecified atom stereocenters. The Labute approximate surface area is 124 Å². The van der Waals surface area contributed by atoms with Crippen molar-refractivity contribution < 1.29 is 19.8 Å². The summed E-state index contributed by atoms with van der Waals surface area (Å²) in [6.07, 6.45) is 1.24. The van der Waals surface area contributed by atoms with Crippen molar-refractivity contribution in [3.63, 3.8) is 0 Å². The van der Waals surface area contributed by atoms with Crippen LogP contribution in [0.5, 0.6) is 5.75 Å². The van der Waals surface area contributed by atoms with Crippen molar-refractivity contribution in [1.82, 2.24) is 5.32 Å². The van der Waals surface area contributed by atoms with Crippen molar-refractivity contribution in [1.29, 1.82) is 0 Å². The molecule has 0 aliphatic carbocycles. The maximum atomic E-state index is 12.1. The molecule has 1 aromatic rings. The number of nitrogens with two attached hydrogens (primary N) is 1. The van der Waals surface area contributed by atoms with Crippen LogP contribution in [0.4, 0.5) is 0 Å². The van der Waals surface area contributed by atoms with Crippen molar-refractivity contribution in [2.75, 3.05) is 0 Å². The molecule has 0 heterocycles. The fourth-order valence-corrected chi connectivity index (χ4v) is 2.07. The predicted molar refractivity (Wildman–Crippen MR) is 78.9 cm³/mol. The van der Waals surface area contributed by atoms with Crippen molar-refractivity contribution in [2.24, 2.45) is 5.73 Å². The highest BCUT2D eigenvalue weighted by Crippen LogP contribution is 2.14. The third-order valence-corrected chi connectivity index (χ3v) is 3.35. The summed E-state index contributed by atoms with van der Waals surface area (Å²) >= 11 is 0. The fraction of sp³-hybridized carbons (Fsp3) is 0.467. The molecular formula is C15H22N2O4. The smallest absolute Gasteiger partial charge is 0.329 e. The van der Waals surface area contributed by atoms with Gasteiger partial charge < -0.3 is 21.3 Å². The molecule has 2 atom stereocenters. The molecule has 0 spiro atoms. The van der Waals surface area contributed by atoms with Crippen LogP contribution in [0.3, 0.4) is 0 Å². The molecule has 1 amide bonds. The lowest BCUT2D eigenvalue weighted by Crippen LogP contribution is -2.56. The highest BCUT2D eigenvalue weighted by atomic mass is 16.4. The van der Waals surface area contributed by atoms with Gasteiger partial charge in [0.05, 0.1) is 6.04 Å². The SMILES string of the molecule is CCCC(C)(NC(=O)C(N)Cc1ccc(O)cc1)C(=O)O. The number of rotatable bonds is 7. The van der Waals surface area contributed by atoms with Crippen LogP contribution < -0.4 is 11.1 Å². The molecule has 0 saturated carbocycles. The Morgan fingerprint density at radius 2 is 1.90 bits per heavy atom. The summed E-state index contributed by atoms with van der Waals surface area (Å²) in [5, 5.41) is 20.9. The molecule has 6 heteroatoms. The number of amides is 1. The second-order valence-corrected chi connectivity index (χ2v) is 5.35. The Bertz CT molecular complexity index is 501. The number of carbonyl (C=O) groups excluding carboxylic acids is 1. The lowest BCUT2D eigenvalue weighted by atomic mass is 9.95. The Morgan fingerprint density at radius 3 is 2.38 bits per heavy atom. The van der Waals surface area contributed by atoms with E-state index in [0.717, 1.165) is 5.56 Å². The zero-order chi connectivity index (χ0) is 16.0. The highest BCUT2D eigenvalue weighted by Gasteiger charge is 2.35. The van der Waals surface area contributed by atoms with Crippen LogP contribution in [0.15, 0.2) is 24.3 Å². The zero-order valence-electron chi connectivity index (χ0n) is 12.3. The van der Waals surface area contributed by atoms with E-state index in [1.807, 2.05) is 6.92 Å². The van der Waals surface area contributed by atoms with Gasteiger partial charge in [0, 0.05) is 0 Å². The normalized spacial score (nSPS) is 15.0. The summed E-state index contributed by atoms with van der Waals surface area (Å²) in [5.41, 5.74) is 5.31. The average Bonchev–Trinajstić information content (AvgIpc) is 2.41. The minimum absolute atomic E-state index is 0.137. The standard InChI is InChI=1S/C15H22N2O4/c1-3-8-15(2,14(20)21)17-13(19)12(16)9-10-4-6-11(18)7-5-10/h4-7,12,18H,3,8-9,16H2,1-2H3,(H,17,19)(H,20,21). The van der Waals surface area contributed by atoms with Crippen molar-refractivity contribution in [3.05, 3.63) is 29.8 Å². The number of nitrogens with one attached hydrogen (secondary N) is 1. The number of phenols is 1. The Kier molecular flexibility index (Phi) is 5.72. The topological polar surface area (TPSA) is 113 Å². The maximum Gasteiger partial charge on any atom is 0.329 e. The number of aliphatic carboxylic acids is 1. The van der Waals surface area contributed by atoms with Crippen LogP contribution in [-0.4, -0.2) is 33.7 Å². The largest absolute Gasteiger partial charge is 0.508 e. The van der Waals surface area contributed by atoms with E-state index in [1.165, 1.54) is 19.1 Å². The van der Waals surface area contributed by atoms with Gasteiger partial charge in [0.25, 0.3) is 0 Å². The third kappa shape index (κ3) is 4.75. The molecule has 6 nitrogen and oxygen atoms in total. The predicted octanol–water partition coefficient (Wildman–Crippen LogP) is 1.02. The van der Waals surface area contributed by atoms with Crippen molar-refractivity contribution in [3.8, 4) is 5.75 Å². The zero-order valence-corrected chi connectivity index (χ0v) is 12.3. The van der Waals surface area contributed by atoms with Gasteiger partial charge in [-0.1, -0.05) is 25.5 Å². The van der Waals surface area contributed by atoms with Gasteiger partial charge >= 0.3 is 5.97 Å². The van der Waals surface area contributed by atoms with E-state index in [4.69, 9.17) is 5.73 Å². The van der Waals surface area contributed by atoms with Gasteiger partial charge in [-0.05, 0) is 37.5 Å². The first-order valence-electron chi connectivity index (χ1n) is 6.87. The van der Waals surface area contributed by atoms with E-state index in [9.17, 15) is 19.8 Å². The molecule has 5 N–H and O–H groups in total. The van der Waals surface area contributed by atoms with Crippen LogP contribution in [0.2, 0.25) is 0 Å². The lowest BCUT2D eigenvalue weighted by molar-refractivity contribution is -0.147. The van der Waals surface area contributed by atoms with Crippen molar-refractivity contribution >= 4 is 11.9 Å². The van der Waals surface area contributed by atoms with Crippen LogP contribution >= 0.6 is 0 Å². The monoisotopic (exact) mass is 294 g/mol. The molecule has 1 aromatic carbocycles. The molecule has 0 saturated heterocycles. The summed E-state index contributed by atoms with van der Waals surface area (Å²) in [4.78, 5) is 23.3. The Hall–Kier alpha value is -2.08. The molecule has 0 aliphatic rings. The van der Waals surface area contributed by atoms with Gasteiger partial charge in [-0.25, -0.2) is 4.79 Å². The number of hydrogen-bond donors (Lipinski definition) is 4. The molecule has 0 aliphatic heterocycles. The average molecular weight is 294 g/mol. The quantitative estimate of drug-likeness (QED) is 0.600. The van der Waals surface area contributed by atoms with E-state index >= 15 is 0 Å². The van der Waals surface area contributed by atoms with Gasteiger partial charge in [0.2, 0.25) is 5.91 Å². The molecule has 0 bridgehead atoms. The maximum absolute atomic E-state index is 12.1. The van der Waals surface area contributed by atoms with Crippen molar-refractivity contribution in [2.45, 2.75) is 44.7 Å². The van der Waals surface area contributed by atoms with Gasteiger partial charge in [0.15, 0.2) is 0 Å². The van der Waals surface area contributed by atoms with Crippen LogP contribution in [0.1, 0.15) is 32.3 Å². The summed E-state index contributed by atoms with van der Waals surface area (Å²) in [6.45, 7) is 3.33. The second kappa shape index (κ2) is 7.08. The van der Waals surface area contributed by atoms with E-state index in [1.54, 1.807) is 12.1 Å². The van der Waals surface area contributed by atoms with Gasteiger partial charge in [-0.15, -0.1) is 0 Å². The molecule has 0 fully saturated rings. The first-order chi connectivity index (χ1) is 9.78. The number of carboxylic acid groups (broad SMARTS) is 1. The summed E-state index contributed by atoms with van der Waals surface area (Å²) in [7, 11) is 0. The minimum Gasteiger partial charge on any atom is -0.508 e. The first kappa shape index (κ1) is 17.0. The van der Waals surface area contributed by atoms with Crippen LogP contribution in [0, 0.1) is 0 Å². The summed E-state index contributed by atoms with van der Waals surface area (Å²) in [5.74, 6) is -1.44. The van der Waals surface area contributed by atoms with E-state index in [0.29, 0.717) is 12.8 Å². The number of phenolic OH excluding ortho intramolecular Hbond substituents is 1. The van der Waals surface area contributed by atoms with Crippen LogP contribution in [0.25, 0.3) is 0 Å². The number of aromatic hydroxyl groups is 1. The van der Waals surface area contributed by atoms with Gasteiger partial charge in [-0.3, -0.25) is 4.79 Å². The van der Waals surface area contributed by atoms with E-state index in [-0.39, 0.29) is 12.2 Å². The number of carboxylic acids is 1.